The number of aromatic nitrogens is 2. The minimum absolute atomic E-state index is 0.00462. The fourth-order valence-corrected chi connectivity index (χ4v) is 3.03. The van der Waals surface area contributed by atoms with Crippen LogP contribution in [0.3, 0.4) is 0 Å². The number of benzene rings is 1. The van der Waals surface area contributed by atoms with Gasteiger partial charge in [-0.05, 0) is 45.9 Å². The molecule has 156 valence electrons. The molecular formula is C22H29N3O4. The first kappa shape index (κ1) is 21.2. The molecule has 0 saturated carbocycles. The molecule has 1 aromatic carbocycles. The summed E-state index contributed by atoms with van der Waals surface area (Å²) in [5.41, 5.74) is 9.59. The Hall–Kier alpha value is -2.48. The number of ether oxygens (including phenoxy) is 3. The molecule has 0 amide bonds. The van der Waals surface area contributed by atoms with Gasteiger partial charge in [-0.3, -0.25) is 4.98 Å². The molecule has 2 N–H and O–H groups in total. The summed E-state index contributed by atoms with van der Waals surface area (Å²) >= 11 is 0. The predicted molar refractivity (Wildman–Crippen MR) is 112 cm³/mol. The minimum atomic E-state index is -0.414. The summed E-state index contributed by atoms with van der Waals surface area (Å²) in [5.74, 6) is 1.25. The van der Waals surface area contributed by atoms with Gasteiger partial charge in [-0.2, -0.15) is 0 Å². The maximum absolute atomic E-state index is 5.97. The van der Waals surface area contributed by atoms with Crippen molar-refractivity contribution >= 4 is 11.1 Å². The monoisotopic (exact) mass is 399 g/mol. The number of pyridine rings is 1. The van der Waals surface area contributed by atoms with Crippen molar-refractivity contribution in [3.05, 3.63) is 41.9 Å². The lowest BCUT2D eigenvalue weighted by molar-refractivity contribution is -0.140. The van der Waals surface area contributed by atoms with E-state index in [-0.39, 0.29) is 6.10 Å². The number of hydrogen-bond donors (Lipinski definition) is 1. The van der Waals surface area contributed by atoms with Crippen LogP contribution >= 0.6 is 0 Å². The van der Waals surface area contributed by atoms with Gasteiger partial charge in [0.2, 0.25) is 0 Å². The van der Waals surface area contributed by atoms with Crippen LogP contribution in [0.5, 0.6) is 5.75 Å². The van der Waals surface area contributed by atoms with Crippen LogP contribution in [0.15, 0.2) is 34.9 Å². The molecule has 7 heteroatoms. The number of nitrogens with two attached hydrogens (primary N) is 1. The average Bonchev–Trinajstić information content (AvgIpc) is 3.11. The molecule has 3 rings (SSSR count). The molecule has 29 heavy (non-hydrogen) atoms. The predicted octanol–water partition coefficient (Wildman–Crippen LogP) is 4.25. The van der Waals surface area contributed by atoms with Crippen molar-refractivity contribution in [2.45, 2.75) is 46.5 Å². The molecule has 0 saturated heterocycles. The normalized spacial score (nSPS) is 11.7. The standard InChI is InChI=1S/C22H29N3O4/c1-5-26-22(27-6-2)15-7-8-17(24-13-15)16-11-18-21(19(12-16)28-14(3)4)29-20(25-18)9-10-23/h7-8,11-14,22H,5-6,9-10,23H2,1-4H3. The molecule has 3 aromatic rings. The Morgan fingerprint density at radius 1 is 1.10 bits per heavy atom. The number of nitrogens with zero attached hydrogens (tertiary/aromatic N) is 2. The zero-order chi connectivity index (χ0) is 20.8. The van der Waals surface area contributed by atoms with E-state index in [0.29, 0.717) is 43.4 Å². The molecule has 0 atom stereocenters. The van der Waals surface area contributed by atoms with Crippen LogP contribution in [-0.4, -0.2) is 35.8 Å². The third-order valence-corrected chi connectivity index (χ3v) is 4.21. The molecule has 0 aliphatic carbocycles. The Balaban J connectivity index is 1.97. The van der Waals surface area contributed by atoms with Crippen molar-refractivity contribution in [3.63, 3.8) is 0 Å². The Bertz CT molecular complexity index is 916. The van der Waals surface area contributed by atoms with E-state index in [0.717, 1.165) is 22.3 Å². The molecule has 2 aromatic heterocycles. The van der Waals surface area contributed by atoms with Gasteiger partial charge in [0.1, 0.15) is 5.52 Å². The third kappa shape index (κ3) is 5.12. The second-order valence-electron chi connectivity index (χ2n) is 6.85. The topological polar surface area (TPSA) is 92.6 Å². The Morgan fingerprint density at radius 3 is 2.45 bits per heavy atom. The highest BCUT2D eigenvalue weighted by molar-refractivity contribution is 5.85. The van der Waals surface area contributed by atoms with Crippen molar-refractivity contribution in [3.8, 4) is 17.0 Å². The van der Waals surface area contributed by atoms with Crippen LogP contribution in [-0.2, 0) is 15.9 Å². The quantitative estimate of drug-likeness (QED) is 0.509. The molecule has 0 aliphatic heterocycles. The van der Waals surface area contributed by atoms with Crippen molar-refractivity contribution in [1.29, 1.82) is 0 Å². The summed E-state index contributed by atoms with van der Waals surface area (Å²) < 4.78 is 23.1. The highest BCUT2D eigenvalue weighted by Gasteiger charge is 2.17. The van der Waals surface area contributed by atoms with Crippen LogP contribution < -0.4 is 10.5 Å². The number of hydrogen-bond acceptors (Lipinski definition) is 7. The van der Waals surface area contributed by atoms with Gasteiger partial charge in [0.25, 0.3) is 0 Å². The molecule has 2 heterocycles. The first-order chi connectivity index (χ1) is 14.0. The Labute approximate surface area is 171 Å². The van der Waals surface area contributed by atoms with Gasteiger partial charge in [0.15, 0.2) is 23.5 Å². The lowest BCUT2D eigenvalue weighted by Gasteiger charge is -2.17. The van der Waals surface area contributed by atoms with E-state index < -0.39 is 6.29 Å². The van der Waals surface area contributed by atoms with Crippen LogP contribution in [0.2, 0.25) is 0 Å². The molecule has 7 nitrogen and oxygen atoms in total. The molecule has 0 fully saturated rings. The number of oxazole rings is 1. The molecule has 0 spiro atoms. The largest absolute Gasteiger partial charge is 0.487 e. The zero-order valence-electron chi connectivity index (χ0n) is 17.5. The molecular weight excluding hydrogens is 370 g/mol. The van der Waals surface area contributed by atoms with Crippen LogP contribution in [0, 0.1) is 0 Å². The van der Waals surface area contributed by atoms with Crippen molar-refractivity contribution in [2.24, 2.45) is 5.73 Å². The van der Waals surface area contributed by atoms with Crippen molar-refractivity contribution < 1.29 is 18.6 Å². The van der Waals surface area contributed by atoms with Gasteiger partial charge in [0, 0.05) is 43.5 Å². The molecule has 0 bridgehead atoms. The van der Waals surface area contributed by atoms with Crippen molar-refractivity contribution in [2.75, 3.05) is 19.8 Å². The maximum Gasteiger partial charge on any atom is 0.196 e. The summed E-state index contributed by atoms with van der Waals surface area (Å²) in [6, 6.07) is 7.80. The fraction of sp³-hybridized carbons (Fsp3) is 0.455. The molecule has 0 radical (unpaired) electrons. The van der Waals surface area contributed by atoms with Gasteiger partial charge in [-0.1, -0.05) is 6.07 Å². The van der Waals surface area contributed by atoms with Gasteiger partial charge >= 0.3 is 0 Å². The van der Waals surface area contributed by atoms with E-state index >= 15 is 0 Å². The van der Waals surface area contributed by atoms with E-state index in [1.807, 2.05) is 52.0 Å². The average molecular weight is 399 g/mol. The van der Waals surface area contributed by atoms with E-state index in [9.17, 15) is 0 Å². The van der Waals surface area contributed by atoms with E-state index in [1.165, 1.54) is 0 Å². The van der Waals surface area contributed by atoms with Gasteiger partial charge < -0.3 is 24.4 Å². The summed E-state index contributed by atoms with van der Waals surface area (Å²) in [7, 11) is 0. The highest BCUT2D eigenvalue weighted by Crippen LogP contribution is 2.33. The second-order valence-corrected chi connectivity index (χ2v) is 6.85. The van der Waals surface area contributed by atoms with Gasteiger partial charge in [-0.15, -0.1) is 0 Å². The summed E-state index contributed by atoms with van der Waals surface area (Å²) in [5, 5.41) is 0. The van der Waals surface area contributed by atoms with Gasteiger partial charge in [0.05, 0.1) is 11.8 Å². The highest BCUT2D eigenvalue weighted by atomic mass is 16.7. The van der Waals surface area contributed by atoms with Crippen LogP contribution in [0.25, 0.3) is 22.4 Å². The Kier molecular flexibility index (Phi) is 7.19. The summed E-state index contributed by atoms with van der Waals surface area (Å²) in [4.78, 5) is 9.17. The lowest BCUT2D eigenvalue weighted by Crippen LogP contribution is -2.09. The number of rotatable bonds is 10. The molecule has 0 unspecified atom stereocenters. The minimum Gasteiger partial charge on any atom is -0.487 e. The second kappa shape index (κ2) is 9.82. The number of fused-ring (bicyclic) bond motifs is 1. The lowest BCUT2D eigenvalue weighted by atomic mass is 10.1. The van der Waals surface area contributed by atoms with Gasteiger partial charge in [-0.25, -0.2) is 4.98 Å². The first-order valence-electron chi connectivity index (χ1n) is 10.0. The fourth-order valence-electron chi connectivity index (χ4n) is 3.03. The Morgan fingerprint density at radius 2 is 1.86 bits per heavy atom. The smallest absolute Gasteiger partial charge is 0.196 e. The zero-order valence-corrected chi connectivity index (χ0v) is 17.5. The SMILES string of the molecule is CCOC(OCC)c1ccc(-c2cc(OC(C)C)c3oc(CCN)nc3c2)nc1. The summed E-state index contributed by atoms with van der Waals surface area (Å²) in [6.07, 6.45) is 1.95. The van der Waals surface area contributed by atoms with Crippen LogP contribution in [0.4, 0.5) is 0 Å². The molecule has 0 aliphatic rings. The first-order valence-corrected chi connectivity index (χ1v) is 10.0. The van der Waals surface area contributed by atoms with E-state index in [2.05, 4.69) is 9.97 Å². The van der Waals surface area contributed by atoms with E-state index in [1.54, 1.807) is 6.20 Å². The third-order valence-electron chi connectivity index (χ3n) is 4.21. The van der Waals surface area contributed by atoms with Crippen LogP contribution in [0.1, 0.15) is 45.4 Å². The maximum atomic E-state index is 5.97. The van der Waals surface area contributed by atoms with Crippen molar-refractivity contribution in [1.82, 2.24) is 9.97 Å². The summed E-state index contributed by atoms with van der Waals surface area (Å²) in [6.45, 7) is 9.44. The van der Waals surface area contributed by atoms with E-state index in [4.69, 9.17) is 24.4 Å².